The molecule has 4 amide bonds. The van der Waals surface area contributed by atoms with Crippen molar-refractivity contribution in [3.05, 3.63) is 52.6 Å². The molecule has 1 aromatic carbocycles. The number of anilines is 1. The Balaban J connectivity index is 1.31. The van der Waals surface area contributed by atoms with Crippen molar-refractivity contribution in [2.24, 2.45) is 11.7 Å². The van der Waals surface area contributed by atoms with E-state index >= 15 is 0 Å². The highest BCUT2D eigenvalue weighted by atomic mass is 16.4. The maximum atomic E-state index is 12.9. The first kappa shape index (κ1) is 31.0. The summed E-state index contributed by atoms with van der Waals surface area (Å²) in [5.41, 5.74) is 6.09. The molecule has 0 spiro atoms. The summed E-state index contributed by atoms with van der Waals surface area (Å²) in [5, 5.41) is 13.9. The van der Waals surface area contributed by atoms with Crippen molar-refractivity contribution in [2.45, 2.75) is 64.7 Å². The molecule has 2 aromatic rings. The quantitative estimate of drug-likeness (QED) is 0.384. The van der Waals surface area contributed by atoms with Crippen LogP contribution in [0.5, 0.6) is 0 Å². The summed E-state index contributed by atoms with van der Waals surface area (Å²) in [6.07, 6.45) is 2.52. The standard InChI is InChI=1S/C29H42N8O5/c1-19-17-35(15-16-36(19)25(38)29(3,4)33-28(41)42)26(39)31-24-11-14-37(27(40)32-24)23-7-5-21(6-8-23)18-34-12-9-22(10-13-34)20(2)30/h5-8,11,14,19-20,22,33H,9-10,12-13,15-18,30H2,1-4H3,(H,41,42)(H,31,32,39,40)/t19-,20?/m1/s1. The van der Waals surface area contributed by atoms with Gasteiger partial charge in [0.25, 0.3) is 0 Å². The van der Waals surface area contributed by atoms with Gasteiger partial charge in [-0.2, -0.15) is 4.98 Å². The molecule has 0 radical (unpaired) electrons. The minimum atomic E-state index is -1.29. The molecule has 2 saturated heterocycles. The molecule has 5 N–H and O–H groups in total. The summed E-state index contributed by atoms with van der Waals surface area (Å²) in [4.78, 5) is 59.2. The van der Waals surface area contributed by atoms with Gasteiger partial charge in [0.1, 0.15) is 11.4 Å². The number of aromatic nitrogens is 2. The highest BCUT2D eigenvalue weighted by Gasteiger charge is 2.38. The number of nitrogens with two attached hydrogens (primary N) is 1. The molecule has 42 heavy (non-hydrogen) atoms. The van der Waals surface area contributed by atoms with E-state index in [9.17, 15) is 19.2 Å². The van der Waals surface area contributed by atoms with Crippen molar-refractivity contribution >= 4 is 23.8 Å². The van der Waals surface area contributed by atoms with E-state index in [2.05, 4.69) is 27.4 Å². The van der Waals surface area contributed by atoms with Crippen LogP contribution in [-0.4, -0.2) is 97.7 Å². The van der Waals surface area contributed by atoms with Crippen molar-refractivity contribution in [2.75, 3.05) is 38.0 Å². The van der Waals surface area contributed by atoms with Gasteiger partial charge in [-0.15, -0.1) is 0 Å². The molecule has 3 heterocycles. The third-order valence-corrected chi connectivity index (χ3v) is 8.16. The number of piperazine rings is 1. The molecule has 4 rings (SSSR count). The molecule has 0 saturated carbocycles. The summed E-state index contributed by atoms with van der Waals surface area (Å²) in [6.45, 7) is 10.5. The van der Waals surface area contributed by atoms with E-state index in [1.54, 1.807) is 24.1 Å². The molecule has 1 aromatic heterocycles. The number of hydrogen-bond acceptors (Lipinski definition) is 7. The topological polar surface area (TPSA) is 166 Å². The van der Waals surface area contributed by atoms with E-state index in [0.717, 1.165) is 32.5 Å². The van der Waals surface area contributed by atoms with Crippen molar-refractivity contribution < 1.29 is 19.5 Å². The summed E-state index contributed by atoms with van der Waals surface area (Å²) >= 11 is 0. The van der Waals surface area contributed by atoms with Gasteiger partial charge in [0.05, 0.1) is 5.69 Å². The van der Waals surface area contributed by atoms with Gasteiger partial charge in [-0.1, -0.05) is 12.1 Å². The van der Waals surface area contributed by atoms with Crippen molar-refractivity contribution in [3.63, 3.8) is 0 Å². The SMILES string of the molecule is CC(N)C1CCN(Cc2ccc(-n3ccc(NC(=O)N4CCN(C(=O)C(C)(C)NC(=O)O)[C@H](C)C4)nc3=O)cc2)CC1. The zero-order valence-corrected chi connectivity index (χ0v) is 24.7. The molecule has 2 aliphatic rings. The van der Waals surface area contributed by atoms with Gasteiger partial charge in [0, 0.05) is 44.5 Å². The number of rotatable bonds is 7. The second kappa shape index (κ2) is 12.9. The van der Waals surface area contributed by atoms with E-state index in [1.165, 1.54) is 28.9 Å². The summed E-state index contributed by atoms with van der Waals surface area (Å²) < 4.78 is 1.42. The number of benzene rings is 1. The predicted molar refractivity (Wildman–Crippen MR) is 158 cm³/mol. The molecule has 0 bridgehead atoms. The van der Waals surface area contributed by atoms with Crippen LogP contribution in [0.3, 0.4) is 0 Å². The summed E-state index contributed by atoms with van der Waals surface area (Å²) in [5.74, 6) is 0.353. The van der Waals surface area contributed by atoms with Crippen molar-refractivity contribution in [3.8, 4) is 5.69 Å². The smallest absolute Gasteiger partial charge is 0.405 e. The van der Waals surface area contributed by atoms with E-state index in [1.807, 2.05) is 24.3 Å². The van der Waals surface area contributed by atoms with Crippen LogP contribution in [-0.2, 0) is 11.3 Å². The fourth-order valence-electron chi connectivity index (χ4n) is 5.64. The molecule has 228 valence electrons. The molecular formula is C29H42N8O5. The summed E-state index contributed by atoms with van der Waals surface area (Å²) in [6, 6.07) is 8.84. The van der Waals surface area contributed by atoms with Crippen LogP contribution in [0.4, 0.5) is 15.4 Å². The largest absolute Gasteiger partial charge is 0.465 e. The lowest BCUT2D eigenvalue weighted by Gasteiger charge is -2.42. The van der Waals surface area contributed by atoms with Crippen LogP contribution < -0.4 is 22.1 Å². The lowest BCUT2D eigenvalue weighted by Crippen LogP contribution is -2.63. The molecule has 1 unspecified atom stereocenters. The van der Waals surface area contributed by atoms with Crippen LogP contribution in [0, 0.1) is 5.92 Å². The zero-order valence-electron chi connectivity index (χ0n) is 24.7. The minimum absolute atomic E-state index is 0.131. The molecule has 2 fully saturated rings. The number of amides is 4. The predicted octanol–water partition coefficient (Wildman–Crippen LogP) is 1.90. The van der Waals surface area contributed by atoms with Crippen LogP contribution in [0.2, 0.25) is 0 Å². The second-order valence-electron chi connectivity index (χ2n) is 11.9. The maximum absolute atomic E-state index is 12.9. The Kier molecular flexibility index (Phi) is 9.52. The average molecular weight is 583 g/mol. The van der Waals surface area contributed by atoms with E-state index in [4.69, 9.17) is 10.8 Å². The summed E-state index contributed by atoms with van der Waals surface area (Å²) in [7, 11) is 0. The van der Waals surface area contributed by atoms with Gasteiger partial charge in [-0.3, -0.25) is 19.6 Å². The van der Waals surface area contributed by atoms with Crippen LogP contribution in [0.15, 0.2) is 41.3 Å². The van der Waals surface area contributed by atoms with Crippen LogP contribution in [0.1, 0.15) is 46.1 Å². The highest BCUT2D eigenvalue weighted by Crippen LogP contribution is 2.22. The Morgan fingerprint density at radius 1 is 1.10 bits per heavy atom. The fraction of sp³-hybridized carbons (Fsp3) is 0.552. The number of urea groups is 1. The Morgan fingerprint density at radius 2 is 1.76 bits per heavy atom. The van der Waals surface area contributed by atoms with Gasteiger partial charge in [0.2, 0.25) is 5.91 Å². The van der Waals surface area contributed by atoms with Crippen molar-refractivity contribution in [1.29, 1.82) is 0 Å². The minimum Gasteiger partial charge on any atom is -0.465 e. The number of hydrogen-bond donors (Lipinski definition) is 4. The second-order valence-corrected chi connectivity index (χ2v) is 11.9. The maximum Gasteiger partial charge on any atom is 0.405 e. The third-order valence-electron chi connectivity index (χ3n) is 8.16. The Labute approximate surface area is 245 Å². The van der Waals surface area contributed by atoms with Crippen LogP contribution in [0.25, 0.3) is 5.69 Å². The third kappa shape index (κ3) is 7.45. The van der Waals surface area contributed by atoms with E-state index in [-0.39, 0.29) is 43.4 Å². The lowest BCUT2D eigenvalue weighted by atomic mass is 9.91. The zero-order chi connectivity index (χ0) is 30.6. The fourth-order valence-corrected chi connectivity index (χ4v) is 5.64. The molecule has 0 aliphatic carbocycles. The monoisotopic (exact) mass is 582 g/mol. The number of nitrogens with zero attached hydrogens (tertiary/aromatic N) is 5. The first-order valence-electron chi connectivity index (χ1n) is 14.4. The van der Waals surface area contributed by atoms with Crippen LogP contribution >= 0.6 is 0 Å². The van der Waals surface area contributed by atoms with Gasteiger partial charge >= 0.3 is 17.8 Å². The van der Waals surface area contributed by atoms with Gasteiger partial charge in [0.15, 0.2) is 0 Å². The lowest BCUT2D eigenvalue weighted by molar-refractivity contribution is -0.140. The Hall–Kier alpha value is -3.97. The Bertz CT molecular complexity index is 1330. The van der Waals surface area contributed by atoms with E-state index < -0.39 is 23.4 Å². The van der Waals surface area contributed by atoms with Gasteiger partial charge in [-0.05, 0) is 83.3 Å². The van der Waals surface area contributed by atoms with Gasteiger partial charge in [-0.25, -0.2) is 14.4 Å². The van der Waals surface area contributed by atoms with Gasteiger partial charge < -0.3 is 26.0 Å². The molecule has 2 aliphatic heterocycles. The first-order chi connectivity index (χ1) is 19.8. The first-order valence-corrected chi connectivity index (χ1v) is 14.4. The average Bonchev–Trinajstić information content (AvgIpc) is 2.93. The number of carbonyl (C=O) groups excluding carboxylic acids is 2. The number of carboxylic acid groups (broad SMARTS) is 1. The van der Waals surface area contributed by atoms with E-state index in [0.29, 0.717) is 11.6 Å². The normalized spacial score (nSPS) is 19.3. The number of piperidine rings is 1. The number of likely N-dealkylation sites (tertiary alicyclic amines) is 1. The number of carbonyl (C=O) groups is 3. The molecule has 2 atom stereocenters. The molecular weight excluding hydrogens is 540 g/mol. The molecule has 13 nitrogen and oxygen atoms in total. The molecule has 13 heteroatoms. The Morgan fingerprint density at radius 3 is 2.33 bits per heavy atom. The highest BCUT2D eigenvalue weighted by molar-refractivity contribution is 5.90. The number of nitrogens with one attached hydrogen (secondary N) is 2. The van der Waals surface area contributed by atoms with Crippen molar-refractivity contribution in [1.82, 2.24) is 29.6 Å².